The third kappa shape index (κ3) is 10.7. The van der Waals surface area contributed by atoms with Gasteiger partial charge in [0.2, 0.25) is 0 Å². The molecule has 0 aromatic heterocycles. The van der Waals surface area contributed by atoms with Gasteiger partial charge in [-0.2, -0.15) is 12.2 Å². The van der Waals surface area contributed by atoms with E-state index in [1.54, 1.807) is 0 Å². The van der Waals surface area contributed by atoms with Gasteiger partial charge in [0.15, 0.2) is 0 Å². The first kappa shape index (κ1) is 15.4. The van der Waals surface area contributed by atoms with Crippen LogP contribution in [0.4, 0.5) is 0 Å². The van der Waals surface area contributed by atoms with Crippen LogP contribution in [0.15, 0.2) is 36.5 Å². The summed E-state index contributed by atoms with van der Waals surface area (Å²) in [6.07, 6.45) is 20.0. The van der Waals surface area contributed by atoms with E-state index in [1.807, 2.05) is 24.3 Å². The van der Waals surface area contributed by atoms with Gasteiger partial charge in [-0.3, -0.25) is 12.2 Å². The van der Waals surface area contributed by atoms with Gasteiger partial charge in [-0.25, -0.2) is 24.3 Å². The Morgan fingerprint density at radius 1 is 0.824 bits per heavy atom. The first-order valence-corrected chi connectivity index (χ1v) is 9.06. The van der Waals surface area contributed by atoms with E-state index in [4.69, 9.17) is 0 Å². The zero-order valence-electron chi connectivity index (χ0n) is 9.01. The SMILES string of the molecule is O=[C]=[W](=[C]=O)=[C]=O.[C-]1=CC=CC1.[C-]1=CC=CC1. The topological polar surface area (TPSA) is 51.2 Å². The second kappa shape index (κ2) is 12.5. The number of rotatable bonds is 0. The number of carbonyl (C=O) groups excluding carboxylic acids is 3. The fourth-order valence-corrected chi connectivity index (χ4v) is 1.10. The molecule has 88 valence electrons. The molecule has 0 amide bonds. The molecule has 0 bridgehead atoms. The molecular formula is C13H10O3W-2. The van der Waals surface area contributed by atoms with Crippen molar-refractivity contribution in [1.82, 2.24) is 0 Å². The van der Waals surface area contributed by atoms with Crippen molar-refractivity contribution in [2.75, 3.05) is 0 Å². The Bertz CT molecular complexity index is 456. The molecule has 0 spiro atoms. The summed E-state index contributed by atoms with van der Waals surface area (Å²) >= 11 is -3.05. The van der Waals surface area contributed by atoms with E-state index in [0.717, 1.165) is 12.8 Å². The maximum Gasteiger partial charge on any atom is -0.109 e. The van der Waals surface area contributed by atoms with Crippen LogP contribution < -0.4 is 0 Å². The minimum atomic E-state index is -3.05. The van der Waals surface area contributed by atoms with Crippen LogP contribution in [0.25, 0.3) is 0 Å². The molecule has 0 aliphatic heterocycles. The Morgan fingerprint density at radius 2 is 1.24 bits per heavy atom. The Labute approximate surface area is 105 Å². The summed E-state index contributed by atoms with van der Waals surface area (Å²) in [7, 11) is 0. The van der Waals surface area contributed by atoms with Crippen molar-refractivity contribution in [2.24, 2.45) is 0 Å². The molecule has 2 rings (SSSR count). The van der Waals surface area contributed by atoms with Crippen molar-refractivity contribution in [3.8, 4) is 0 Å². The van der Waals surface area contributed by atoms with Crippen molar-refractivity contribution in [3.63, 3.8) is 0 Å². The van der Waals surface area contributed by atoms with Crippen LogP contribution >= 0.6 is 0 Å². The molecule has 0 unspecified atom stereocenters. The van der Waals surface area contributed by atoms with Gasteiger partial charge in [0, 0.05) is 0 Å². The van der Waals surface area contributed by atoms with Gasteiger partial charge in [0.05, 0.1) is 0 Å². The molecule has 0 aromatic carbocycles. The predicted molar refractivity (Wildman–Crippen MR) is 60.2 cm³/mol. The van der Waals surface area contributed by atoms with Crippen LogP contribution in [0.3, 0.4) is 0 Å². The van der Waals surface area contributed by atoms with E-state index in [-0.39, 0.29) is 0 Å². The van der Waals surface area contributed by atoms with Crippen molar-refractivity contribution in [2.45, 2.75) is 12.8 Å². The average molecular weight is 398 g/mol. The summed E-state index contributed by atoms with van der Waals surface area (Å²) in [5, 5.41) is 0. The number of hydrogen-bond acceptors (Lipinski definition) is 3. The van der Waals surface area contributed by atoms with Crippen molar-refractivity contribution >= 4 is 12.8 Å². The molecule has 0 N–H and O–H groups in total. The quantitative estimate of drug-likeness (QED) is 0.581. The second-order valence-electron chi connectivity index (χ2n) is 2.56. The Balaban J connectivity index is 0.000000229. The molecule has 2 aliphatic rings. The van der Waals surface area contributed by atoms with Gasteiger partial charge in [-0.1, -0.05) is 0 Å². The van der Waals surface area contributed by atoms with Crippen molar-refractivity contribution < 1.29 is 30.3 Å². The Kier molecular flexibility index (Phi) is 11.3. The Morgan fingerprint density at radius 3 is 1.29 bits per heavy atom. The monoisotopic (exact) mass is 398 g/mol. The van der Waals surface area contributed by atoms with Crippen LogP contribution in [-0.2, 0) is 30.3 Å². The average Bonchev–Trinajstić information content (AvgIpc) is 3.10. The molecule has 0 saturated carbocycles. The summed E-state index contributed by atoms with van der Waals surface area (Å²) in [4.78, 5) is 28.2. The van der Waals surface area contributed by atoms with Crippen LogP contribution in [0.1, 0.15) is 12.8 Å². The summed E-state index contributed by atoms with van der Waals surface area (Å²) in [6.45, 7) is 0. The standard InChI is InChI=1S/2C5H5.3CO.W/c2*1-2-4-5-3-1;3*1-2;/h2*1-3H,4H2;;;;/q2*-1;;;;. The van der Waals surface area contributed by atoms with Crippen LogP contribution in [0.2, 0.25) is 0 Å². The van der Waals surface area contributed by atoms with Gasteiger partial charge in [0.25, 0.3) is 0 Å². The molecule has 17 heavy (non-hydrogen) atoms. The summed E-state index contributed by atoms with van der Waals surface area (Å²) < 4.78 is 3.90. The van der Waals surface area contributed by atoms with Gasteiger partial charge < -0.3 is 0 Å². The molecule has 2 aliphatic carbocycles. The molecule has 0 heterocycles. The van der Waals surface area contributed by atoms with Crippen LogP contribution in [-0.4, -0.2) is 12.8 Å². The first-order valence-electron chi connectivity index (χ1n) is 4.66. The predicted octanol–water partition coefficient (Wildman–Crippen LogP) is 1.42. The van der Waals surface area contributed by atoms with E-state index in [9.17, 15) is 14.4 Å². The molecule has 0 aromatic rings. The third-order valence-electron chi connectivity index (χ3n) is 1.42. The molecule has 0 saturated heterocycles. The van der Waals surface area contributed by atoms with Crippen molar-refractivity contribution in [1.29, 1.82) is 0 Å². The van der Waals surface area contributed by atoms with Crippen LogP contribution in [0.5, 0.6) is 0 Å². The van der Waals surface area contributed by atoms with E-state index >= 15 is 0 Å². The van der Waals surface area contributed by atoms with E-state index in [2.05, 4.69) is 24.3 Å². The molecule has 3 nitrogen and oxygen atoms in total. The first-order chi connectivity index (χ1) is 8.35. The zero-order chi connectivity index (χ0) is 12.8. The van der Waals surface area contributed by atoms with Gasteiger partial charge in [-0.15, -0.1) is 12.8 Å². The van der Waals surface area contributed by atoms with Crippen molar-refractivity contribution in [3.05, 3.63) is 48.6 Å². The van der Waals surface area contributed by atoms with E-state index < -0.39 is 15.9 Å². The largest absolute Gasteiger partial charge is 0.273 e. The van der Waals surface area contributed by atoms with Gasteiger partial charge >= 0.3 is 43.1 Å². The molecule has 0 fully saturated rings. The molecule has 4 heteroatoms. The maximum absolute atomic E-state index is 9.40. The second-order valence-corrected chi connectivity index (χ2v) is 6.56. The fraction of sp³-hybridized carbons (Fsp3) is 0.154. The minimum Gasteiger partial charge on any atom is -0.273 e. The van der Waals surface area contributed by atoms with E-state index in [0.29, 0.717) is 0 Å². The van der Waals surface area contributed by atoms with E-state index in [1.165, 1.54) is 12.8 Å². The zero-order valence-corrected chi connectivity index (χ0v) is 11.9. The van der Waals surface area contributed by atoms with Gasteiger partial charge in [0.1, 0.15) is 0 Å². The number of allylic oxidation sites excluding steroid dienone is 8. The molecule has 0 atom stereocenters. The molecular weight excluding hydrogens is 388 g/mol. The normalized spacial score (nSPS) is 12.5. The maximum atomic E-state index is 9.40. The Hall–Kier alpha value is -1.61. The minimum absolute atomic E-state index is 1.01. The summed E-state index contributed by atoms with van der Waals surface area (Å²) in [5.41, 5.74) is 0. The van der Waals surface area contributed by atoms with Crippen LogP contribution in [0, 0.1) is 12.2 Å². The van der Waals surface area contributed by atoms with Gasteiger partial charge in [-0.05, 0) is 0 Å². The summed E-state index contributed by atoms with van der Waals surface area (Å²) in [5.74, 6) is 0. The molecule has 0 radical (unpaired) electrons. The smallest absolute Gasteiger partial charge is 0.109 e. The third-order valence-corrected chi connectivity index (χ3v) is 3.22. The summed E-state index contributed by atoms with van der Waals surface area (Å²) in [6, 6.07) is 0. The fourth-order valence-electron chi connectivity index (χ4n) is 0.731. The number of hydrogen-bond donors (Lipinski definition) is 0.